The van der Waals surface area contributed by atoms with Crippen molar-refractivity contribution in [3.63, 3.8) is 0 Å². The second-order valence-corrected chi connectivity index (χ2v) is 9.48. The number of anilines is 1. The topological polar surface area (TPSA) is 130 Å². The summed E-state index contributed by atoms with van der Waals surface area (Å²) in [5.74, 6) is -1.55. The smallest absolute Gasteiger partial charge is 0.281 e. The van der Waals surface area contributed by atoms with Crippen molar-refractivity contribution in [3.8, 4) is 0 Å². The van der Waals surface area contributed by atoms with Crippen molar-refractivity contribution in [1.82, 2.24) is 10.9 Å². The van der Waals surface area contributed by atoms with Crippen molar-refractivity contribution < 1.29 is 19.3 Å². The molecule has 0 saturated carbocycles. The Hall–Kier alpha value is -3.80. The average Bonchev–Trinajstić information content (AvgIpc) is 3.19. The van der Waals surface area contributed by atoms with E-state index in [2.05, 4.69) is 32.1 Å². The van der Waals surface area contributed by atoms with Crippen LogP contribution < -0.4 is 16.2 Å². The zero-order chi connectivity index (χ0) is 25.1. The molecule has 0 bridgehead atoms. The highest BCUT2D eigenvalue weighted by atomic mass is 79.9. The van der Waals surface area contributed by atoms with E-state index < -0.39 is 16.7 Å². The first kappa shape index (κ1) is 24.3. The van der Waals surface area contributed by atoms with Gasteiger partial charge in [0.1, 0.15) is 4.88 Å². The van der Waals surface area contributed by atoms with Crippen LogP contribution in [-0.4, -0.2) is 22.6 Å². The number of nitrogens with zero attached hydrogens (tertiary/aromatic N) is 1. The molecule has 9 nitrogen and oxygen atoms in total. The number of carbonyl (C=O) groups excluding carboxylic acids is 3. The molecule has 0 saturated heterocycles. The monoisotopic (exact) mass is 572 g/mol. The summed E-state index contributed by atoms with van der Waals surface area (Å²) in [4.78, 5) is 47.8. The molecule has 35 heavy (non-hydrogen) atoms. The van der Waals surface area contributed by atoms with E-state index in [9.17, 15) is 24.5 Å². The van der Waals surface area contributed by atoms with Crippen LogP contribution in [0.15, 0.2) is 71.2 Å². The lowest BCUT2D eigenvalue weighted by Crippen LogP contribution is -2.41. The van der Waals surface area contributed by atoms with Gasteiger partial charge < -0.3 is 5.32 Å². The number of nitro groups is 1. The van der Waals surface area contributed by atoms with Crippen molar-refractivity contribution in [1.29, 1.82) is 0 Å². The molecule has 0 fully saturated rings. The summed E-state index contributed by atoms with van der Waals surface area (Å²) in [6, 6.07) is 17.1. The number of nitrogens with one attached hydrogen (secondary N) is 3. The number of thiophene rings is 1. The number of benzene rings is 3. The summed E-state index contributed by atoms with van der Waals surface area (Å²) in [5.41, 5.74) is 5.68. The number of non-ortho nitro benzene ring substituents is 1. The van der Waals surface area contributed by atoms with Gasteiger partial charge >= 0.3 is 0 Å². The van der Waals surface area contributed by atoms with Gasteiger partial charge in [0.15, 0.2) is 0 Å². The molecule has 1 heterocycles. The van der Waals surface area contributed by atoms with Crippen molar-refractivity contribution in [2.24, 2.45) is 0 Å². The summed E-state index contributed by atoms with van der Waals surface area (Å²) < 4.78 is 1.33. The average molecular weight is 574 g/mol. The fourth-order valence-electron chi connectivity index (χ4n) is 3.07. The van der Waals surface area contributed by atoms with Crippen molar-refractivity contribution in [3.05, 3.63) is 102 Å². The van der Waals surface area contributed by atoms with Crippen LogP contribution in [0, 0.1) is 10.1 Å². The van der Waals surface area contributed by atoms with Gasteiger partial charge in [-0.05, 0) is 54.6 Å². The predicted molar refractivity (Wildman–Crippen MR) is 137 cm³/mol. The fourth-order valence-corrected chi connectivity index (χ4v) is 4.78. The number of amides is 3. The van der Waals surface area contributed by atoms with E-state index >= 15 is 0 Å². The second kappa shape index (κ2) is 10.2. The number of hydrazine groups is 1. The van der Waals surface area contributed by atoms with E-state index in [0.29, 0.717) is 21.3 Å². The zero-order valence-corrected chi connectivity index (χ0v) is 20.7. The summed E-state index contributed by atoms with van der Waals surface area (Å²) in [6.07, 6.45) is 0. The number of carbonyl (C=O) groups is 3. The quantitative estimate of drug-likeness (QED) is 0.213. The molecule has 12 heteroatoms. The summed E-state index contributed by atoms with van der Waals surface area (Å²) in [5, 5.41) is 14.3. The maximum Gasteiger partial charge on any atom is 0.281 e. The van der Waals surface area contributed by atoms with Crippen molar-refractivity contribution in [2.75, 3.05) is 5.32 Å². The predicted octanol–water partition coefficient (Wildman–Crippen LogP) is 5.55. The minimum atomic E-state index is -0.661. The van der Waals surface area contributed by atoms with Gasteiger partial charge in [-0.2, -0.15) is 0 Å². The molecule has 3 N–H and O–H groups in total. The van der Waals surface area contributed by atoms with E-state index in [1.54, 1.807) is 36.4 Å². The standard InChI is InChI=1S/C23H14BrClN4O5S/c24-14-5-1-12(2-6-14)21(30)26-15-7-3-13(4-8-15)22(31)27-28-23(32)20-19(25)17-10-9-16(29(33)34)11-18(17)35-20/h1-11H,(H,26,30)(H,27,31)(H,28,32). The molecular weight excluding hydrogens is 560 g/mol. The summed E-state index contributed by atoms with van der Waals surface area (Å²) in [6.45, 7) is 0. The van der Waals surface area contributed by atoms with E-state index in [0.717, 1.165) is 15.8 Å². The third-order valence-electron chi connectivity index (χ3n) is 4.83. The first-order chi connectivity index (χ1) is 16.7. The highest BCUT2D eigenvalue weighted by molar-refractivity contribution is 9.10. The summed E-state index contributed by atoms with van der Waals surface area (Å²) in [7, 11) is 0. The molecule has 0 aliphatic rings. The third kappa shape index (κ3) is 5.48. The highest BCUT2D eigenvalue weighted by Crippen LogP contribution is 2.37. The second-order valence-electron chi connectivity index (χ2n) is 7.13. The number of halogens is 2. The van der Waals surface area contributed by atoms with Crippen LogP contribution in [-0.2, 0) is 0 Å². The van der Waals surface area contributed by atoms with E-state index in [1.807, 2.05) is 0 Å². The number of fused-ring (bicyclic) bond motifs is 1. The molecule has 4 aromatic rings. The molecule has 3 amide bonds. The molecule has 0 unspecified atom stereocenters. The highest BCUT2D eigenvalue weighted by Gasteiger charge is 2.20. The number of rotatable bonds is 5. The Morgan fingerprint density at radius 3 is 2.11 bits per heavy atom. The first-order valence-electron chi connectivity index (χ1n) is 9.87. The van der Waals surface area contributed by atoms with Gasteiger partial charge in [0.25, 0.3) is 23.4 Å². The number of hydrogen-bond donors (Lipinski definition) is 3. The minimum Gasteiger partial charge on any atom is -0.322 e. The van der Waals surface area contributed by atoms with Gasteiger partial charge in [0, 0.05) is 43.5 Å². The maximum atomic E-state index is 12.5. The normalized spacial score (nSPS) is 10.6. The van der Waals surface area contributed by atoms with E-state index in [-0.39, 0.29) is 27.1 Å². The largest absolute Gasteiger partial charge is 0.322 e. The molecule has 1 aromatic heterocycles. The first-order valence-corrected chi connectivity index (χ1v) is 11.9. The van der Waals surface area contributed by atoms with E-state index in [1.165, 1.54) is 30.3 Å². The zero-order valence-electron chi connectivity index (χ0n) is 17.5. The molecule has 4 rings (SSSR count). The SMILES string of the molecule is O=C(NNC(=O)c1sc2cc([N+](=O)[O-])ccc2c1Cl)c1ccc(NC(=O)c2ccc(Br)cc2)cc1. The third-order valence-corrected chi connectivity index (χ3v) is 7.02. The Morgan fingerprint density at radius 2 is 1.46 bits per heavy atom. The van der Waals surface area contributed by atoms with Crippen molar-refractivity contribution in [2.45, 2.75) is 0 Å². The van der Waals surface area contributed by atoms with Crippen LogP contribution in [0.3, 0.4) is 0 Å². The lowest BCUT2D eigenvalue weighted by molar-refractivity contribution is -0.384. The van der Waals surface area contributed by atoms with Gasteiger partial charge in [0.2, 0.25) is 0 Å². The molecule has 0 spiro atoms. The van der Waals surface area contributed by atoms with Crippen LogP contribution in [0.1, 0.15) is 30.4 Å². The Bertz CT molecular complexity index is 1470. The summed E-state index contributed by atoms with van der Waals surface area (Å²) >= 11 is 10.5. The Balaban J connectivity index is 1.38. The van der Waals surface area contributed by atoms with Gasteiger partial charge in [-0.15, -0.1) is 11.3 Å². The Morgan fingerprint density at radius 1 is 0.857 bits per heavy atom. The van der Waals surface area contributed by atoms with Gasteiger partial charge in [-0.3, -0.25) is 35.3 Å². The number of nitro benzene ring substituents is 1. The minimum absolute atomic E-state index is 0.105. The van der Waals surface area contributed by atoms with Crippen LogP contribution in [0.2, 0.25) is 5.02 Å². The lowest BCUT2D eigenvalue weighted by atomic mass is 10.1. The van der Waals surface area contributed by atoms with Crippen LogP contribution >= 0.6 is 38.9 Å². The molecule has 176 valence electrons. The fraction of sp³-hybridized carbons (Fsp3) is 0. The van der Waals surface area contributed by atoms with Gasteiger partial charge in [-0.25, -0.2) is 0 Å². The maximum absolute atomic E-state index is 12.5. The molecule has 3 aromatic carbocycles. The molecule has 0 aliphatic heterocycles. The van der Waals surface area contributed by atoms with E-state index in [4.69, 9.17) is 11.6 Å². The Labute approximate surface area is 215 Å². The van der Waals surface area contributed by atoms with Crippen molar-refractivity contribution >= 4 is 78.1 Å². The van der Waals surface area contributed by atoms with Crippen LogP contribution in [0.4, 0.5) is 11.4 Å². The van der Waals surface area contributed by atoms with Gasteiger partial charge in [-0.1, -0.05) is 27.5 Å². The van der Waals surface area contributed by atoms with Crippen LogP contribution in [0.5, 0.6) is 0 Å². The van der Waals surface area contributed by atoms with Gasteiger partial charge in [0.05, 0.1) is 9.95 Å². The van der Waals surface area contributed by atoms with Crippen LogP contribution in [0.25, 0.3) is 10.1 Å². The number of hydrogen-bond acceptors (Lipinski definition) is 6. The lowest BCUT2D eigenvalue weighted by Gasteiger charge is -2.08. The molecule has 0 atom stereocenters. The molecule has 0 radical (unpaired) electrons. The Kier molecular flexibility index (Phi) is 7.10. The molecular formula is C23H14BrClN4O5S. The molecule has 0 aliphatic carbocycles.